The molecule has 0 aliphatic carbocycles. The number of carbonyl (C=O) groups excluding carboxylic acids is 1. The number of hydrogen-bond acceptors (Lipinski definition) is 6. The zero-order chi connectivity index (χ0) is 18.7. The van der Waals surface area contributed by atoms with Crippen LogP contribution in [0.1, 0.15) is 16.1 Å². The number of aryl methyl sites for hydroxylation is 1. The Morgan fingerprint density at radius 2 is 2.04 bits per heavy atom. The minimum absolute atomic E-state index is 0.317. The van der Waals surface area contributed by atoms with Gasteiger partial charge in [-0.3, -0.25) is 9.48 Å². The quantitative estimate of drug-likeness (QED) is 0.746. The number of aromatic nitrogens is 2. The van der Waals surface area contributed by atoms with Crippen LogP contribution in [0, 0.1) is 11.3 Å². The number of nitrogens with one attached hydrogen (secondary N) is 1. The van der Waals surface area contributed by atoms with Crippen molar-refractivity contribution in [3.63, 3.8) is 0 Å². The van der Waals surface area contributed by atoms with Crippen LogP contribution in [0.15, 0.2) is 35.8 Å². The molecule has 0 spiro atoms. The molecule has 2 aromatic heterocycles. The van der Waals surface area contributed by atoms with E-state index in [1.807, 2.05) is 11.4 Å². The Balaban J connectivity index is 1.95. The standard InChI is InChI=1S/C18H16N4O3S/c1-22-14(6-7-20-22)17(23)21-18-12(9-19)13(10-26-18)11-4-5-15(24-2)16(8-11)25-3/h4-8,10H,1-3H3,(H,21,23). The lowest BCUT2D eigenvalue weighted by Gasteiger charge is -2.09. The Bertz CT molecular complexity index is 1000. The number of nitriles is 1. The topological polar surface area (TPSA) is 89.2 Å². The van der Waals surface area contributed by atoms with Crippen LogP contribution in [0.5, 0.6) is 11.5 Å². The van der Waals surface area contributed by atoms with Crippen molar-refractivity contribution in [1.29, 1.82) is 5.26 Å². The fourth-order valence-corrected chi connectivity index (χ4v) is 3.46. The second-order valence-corrected chi connectivity index (χ2v) is 6.21. The van der Waals surface area contributed by atoms with Crippen molar-refractivity contribution in [3.05, 3.63) is 47.1 Å². The number of rotatable bonds is 5. The number of amides is 1. The maximum absolute atomic E-state index is 12.4. The Kier molecular flexibility index (Phi) is 4.91. The summed E-state index contributed by atoms with van der Waals surface area (Å²) >= 11 is 1.29. The Morgan fingerprint density at radius 1 is 1.27 bits per heavy atom. The van der Waals surface area contributed by atoms with Gasteiger partial charge in [-0.05, 0) is 23.8 Å². The molecule has 3 aromatic rings. The number of benzene rings is 1. The molecule has 1 N–H and O–H groups in total. The van der Waals surface area contributed by atoms with Crippen molar-refractivity contribution < 1.29 is 14.3 Å². The van der Waals surface area contributed by atoms with Crippen molar-refractivity contribution >= 4 is 22.2 Å². The van der Waals surface area contributed by atoms with E-state index in [1.165, 1.54) is 16.0 Å². The van der Waals surface area contributed by atoms with Crippen molar-refractivity contribution in [3.8, 4) is 28.7 Å². The smallest absolute Gasteiger partial charge is 0.274 e. The summed E-state index contributed by atoms with van der Waals surface area (Å²) in [7, 11) is 4.80. The average molecular weight is 368 g/mol. The Morgan fingerprint density at radius 3 is 2.65 bits per heavy atom. The third-order valence-corrected chi connectivity index (χ3v) is 4.77. The van der Waals surface area contributed by atoms with Gasteiger partial charge in [-0.25, -0.2) is 0 Å². The zero-order valence-corrected chi connectivity index (χ0v) is 15.3. The molecule has 26 heavy (non-hydrogen) atoms. The van der Waals surface area contributed by atoms with Gasteiger partial charge in [0.25, 0.3) is 5.91 Å². The number of carbonyl (C=O) groups is 1. The van der Waals surface area contributed by atoms with Crippen LogP contribution in [-0.4, -0.2) is 29.9 Å². The second kappa shape index (κ2) is 7.29. The van der Waals surface area contributed by atoms with Gasteiger partial charge in [0.2, 0.25) is 0 Å². The van der Waals surface area contributed by atoms with Crippen LogP contribution >= 0.6 is 11.3 Å². The first-order valence-electron chi connectivity index (χ1n) is 7.62. The number of thiophene rings is 1. The first-order valence-corrected chi connectivity index (χ1v) is 8.50. The largest absolute Gasteiger partial charge is 0.493 e. The van der Waals surface area contributed by atoms with E-state index >= 15 is 0 Å². The highest BCUT2D eigenvalue weighted by atomic mass is 32.1. The van der Waals surface area contributed by atoms with Crippen LogP contribution in [0.2, 0.25) is 0 Å². The van der Waals surface area contributed by atoms with Gasteiger partial charge in [0.05, 0.1) is 19.8 Å². The van der Waals surface area contributed by atoms with Gasteiger partial charge in [-0.2, -0.15) is 10.4 Å². The molecular weight excluding hydrogens is 352 g/mol. The molecule has 0 saturated carbocycles. The molecule has 8 heteroatoms. The number of anilines is 1. The maximum Gasteiger partial charge on any atom is 0.274 e. The molecule has 0 fully saturated rings. The molecule has 3 rings (SSSR count). The molecule has 2 heterocycles. The van der Waals surface area contributed by atoms with Crippen LogP contribution in [0.4, 0.5) is 5.00 Å². The van der Waals surface area contributed by atoms with Gasteiger partial charge in [0.15, 0.2) is 11.5 Å². The van der Waals surface area contributed by atoms with Crippen molar-refractivity contribution in [1.82, 2.24) is 9.78 Å². The molecule has 1 aromatic carbocycles. The summed E-state index contributed by atoms with van der Waals surface area (Å²) in [6, 6.07) is 9.21. The summed E-state index contributed by atoms with van der Waals surface area (Å²) in [5, 5.41) is 18.7. The number of nitrogens with zero attached hydrogens (tertiary/aromatic N) is 3. The molecule has 0 aliphatic rings. The molecular formula is C18H16N4O3S. The number of hydrogen-bond donors (Lipinski definition) is 1. The maximum atomic E-state index is 12.4. The van der Waals surface area contributed by atoms with Crippen molar-refractivity contribution in [2.45, 2.75) is 0 Å². The fraction of sp³-hybridized carbons (Fsp3) is 0.167. The monoisotopic (exact) mass is 368 g/mol. The zero-order valence-electron chi connectivity index (χ0n) is 14.4. The lowest BCUT2D eigenvalue weighted by molar-refractivity contribution is 0.101. The molecule has 0 atom stereocenters. The minimum Gasteiger partial charge on any atom is -0.493 e. The first kappa shape index (κ1) is 17.5. The van der Waals surface area contributed by atoms with Crippen LogP contribution in [-0.2, 0) is 7.05 Å². The second-order valence-electron chi connectivity index (χ2n) is 5.33. The molecule has 0 aliphatic heterocycles. The van der Waals surface area contributed by atoms with E-state index < -0.39 is 0 Å². The van der Waals surface area contributed by atoms with E-state index in [1.54, 1.807) is 45.7 Å². The Hall–Kier alpha value is -3.31. The molecule has 0 saturated heterocycles. The van der Waals surface area contributed by atoms with Gasteiger partial charge in [0.1, 0.15) is 16.8 Å². The minimum atomic E-state index is -0.317. The van der Waals surface area contributed by atoms with E-state index in [-0.39, 0.29) is 5.91 Å². The SMILES string of the molecule is COc1ccc(-c2csc(NC(=O)c3ccnn3C)c2C#N)cc1OC. The average Bonchev–Trinajstić information content (AvgIpc) is 3.26. The third-order valence-electron chi connectivity index (χ3n) is 3.88. The van der Waals surface area contributed by atoms with Gasteiger partial charge in [-0.1, -0.05) is 6.07 Å². The predicted molar refractivity (Wildman–Crippen MR) is 98.7 cm³/mol. The normalized spacial score (nSPS) is 10.2. The molecule has 0 bridgehead atoms. The first-order chi connectivity index (χ1) is 12.6. The summed E-state index contributed by atoms with van der Waals surface area (Å²) < 4.78 is 12.0. The summed E-state index contributed by atoms with van der Waals surface area (Å²) in [5.74, 6) is 0.859. The molecule has 0 radical (unpaired) electrons. The van der Waals surface area contributed by atoms with Gasteiger partial charge in [-0.15, -0.1) is 11.3 Å². The van der Waals surface area contributed by atoms with E-state index in [9.17, 15) is 10.1 Å². The number of methoxy groups -OCH3 is 2. The summed E-state index contributed by atoms with van der Waals surface area (Å²) in [6.07, 6.45) is 1.55. The van der Waals surface area contributed by atoms with Crippen LogP contribution in [0.25, 0.3) is 11.1 Å². The summed E-state index contributed by atoms with van der Waals surface area (Å²) in [4.78, 5) is 12.4. The van der Waals surface area contributed by atoms with E-state index in [0.717, 1.165) is 11.1 Å². The molecule has 0 unspecified atom stereocenters. The summed E-state index contributed by atoms with van der Waals surface area (Å²) in [5.41, 5.74) is 2.34. The highest BCUT2D eigenvalue weighted by molar-refractivity contribution is 7.15. The van der Waals surface area contributed by atoms with Crippen LogP contribution < -0.4 is 14.8 Å². The predicted octanol–water partition coefficient (Wildman–Crippen LogP) is 3.29. The van der Waals surface area contributed by atoms with Gasteiger partial charge < -0.3 is 14.8 Å². The molecule has 132 valence electrons. The van der Waals surface area contributed by atoms with Gasteiger partial charge >= 0.3 is 0 Å². The Labute approximate surface area is 154 Å². The van der Waals surface area contributed by atoms with E-state index in [0.29, 0.717) is 27.8 Å². The van der Waals surface area contributed by atoms with Gasteiger partial charge in [0, 0.05) is 24.2 Å². The van der Waals surface area contributed by atoms with E-state index in [2.05, 4.69) is 16.5 Å². The summed E-state index contributed by atoms with van der Waals surface area (Å²) in [6.45, 7) is 0. The van der Waals surface area contributed by atoms with Crippen molar-refractivity contribution in [2.24, 2.45) is 7.05 Å². The van der Waals surface area contributed by atoms with Crippen molar-refractivity contribution in [2.75, 3.05) is 19.5 Å². The number of ether oxygens (including phenoxy) is 2. The van der Waals surface area contributed by atoms with Crippen LogP contribution in [0.3, 0.4) is 0 Å². The molecule has 1 amide bonds. The third kappa shape index (κ3) is 3.12. The lowest BCUT2D eigenvalue weighted by atomic mass is 10.0. The van der Waals surface area contributed by atoms with E-state index in [4.69, 9.17) is 9.47 Å². The lowest BCUT2D eigenvalue weighted by Crippen LogP contribution is -2.15. The molecule has 7 nitrogen and oxygen atoms in total. The highest BCUT2D eigenvalue weighted by Gasteiger charge is 2.18. The highest BCUT2D eigenvalue weighted by Crippen LogP contribution is 2.38. The fourth-order valence-electron chi connectivity index (χ4n) is 2.54.